The summed E-state index contributed by atoms with van der Waals surface area (Å²) in [5.41, 5.74) is 0. The second kappa shape index (κ2) is 3.84. The largest absolute Gasteiger partial charge is 0.465 e. The molecule has 0 atom stereocenters. The van der Waals surface area contributed by atoms with Crippen LogP contribution in [0.2, 0.25) is 5.15 Å². The number of esters is 1. The van der Waals surface area contributed by atoms with Crippen LogP contribution in [-0.2, 0) is 14.6 Å². The third kappa shape index (κ3) is 2.23. The summed E-state index contributed by atoms with van der Waals surface area (Å²) in [7, 11) is -2.25. The van der Waals surface area contributed by atoms with Gasteiger partial charge >= 0.3 is 5.97 Å². The lowest BCUT2D eigenvalue weighted by atomic mass is 10.6. The molecule has 0 aliphatic carbocycles. The molecule has 1 rings (SSSR count). The molecule has 0 aliphatic rings. The van der Waals surface area contributed by atoms with Crippen LogP contribution in [-0.4, -0.2) is 32.7 Å². The van der Waals surface area contributed by atoms with Crippen molar-refractivity contribution in [2.75, 3.05) is 13.4 Å². The molecule has 8 heteroatoms. The molecule has 78 valence electrons. The Morgan fingerprint density at radius 3 is 2.50 bits per heavy atom. The zero-order valence-corrected chi connectivity index (χ0v) is 9.66. The third-order valence-electron chi connectivity index (χ3n) is 1.25. The van der Waals surface area contributed by atoms with Gasteiger partial charge in [0.25, 0.3) is 0 Å². The van der Waals surface area contributed by atoms with Gasteiger partial charge in [0, 0.05) is 6.26 Å². The number of nitrogens with zero attached hydrogens (tertiary/aromatic N) is 1. The first-order chi connectivity index (χ1) is 6.36. The SMILES string of the molecule is COC(=O)c1sc(S(C)(=O)=O)nc1Cl. The van der Waals surface area contributed by atoms with Crippen LogP contribution in [0.5, 0.6) is 0 Å². The molecule has 0 saturated carbocycles. The zero-order chi connectivity index (χ0) is 10.9. The average molecular weight is 256 g/mol. The number of ether oxygens (including phenoxy) is 1. The van der Waals surface area contributed by atoms with Crippen molar-refractivity contribution in [3.63, 3.8) is 0 Å². The van der Waals surface area contributed by atoms with E-state index in [1.807, 2.05) is 0 Å². The maximum Gasteiger partial charge on any atom is 0.351 e. The van der Waals surface area contributed by atoms with Gasteiger partial charge in [-0.05, 0) is 0 Å². The molecular weight excluding hydrogens is 250 g/mol. The number of halogens is 1. The van der Waals surface area contributed by atoms with Gasteiger partial charge in [0.15, 0.2) is 10.0 Å². The summed E-state index contributed by atoms with van der Waals surface area (Å²) < 4.78 is 26.3. The van der Waals surface area contributed by atoms with Crippen molar-refractivity contribution in [3.05, 3.63) is 10.0 Å². The van der Waals surface area contributed by atoms with Gasteiger partial charge in [-0.2, -0.15) is 0 Å². The number of methoxy groups -OCH3 is 1. The molecule has 0 spiro atoms. The average Bonchev–Trinajstić information content (AvgIpc) is 2.45. The highest BCUT2D eigenvalue weighted by atomic mass is 35.5. The first-order valence-corrected chi connectivity index (χ1v) is 6.39. The van der Waals surface area contributed by atoms with Crippen molar-refractivity contribution in [2.45, 2.75) is 4.34 Å². The van der Waals surface area contributed by atoms with E-state index >= 15 is 0 Å². The molecule has 0 aliphatic heterocycles. The van der Waals surface area contributed by atoms with Gasteiger partial charge in [0.05, 0.1) is 7.11 Å². The highest BCUT2D eigenvalue weighted by molar-refractivity contribution is 7.92. The Labute approximate surface area is 89.6 Å². The van der Waals surface area contributed by atoms with Crippen LogP contribution in [0.3, 0.4) is 0 Å². The molecule has 0 aromatic carbocycles. The first kappa shape index (κ1) is 11.4. The van der Waals surface area contributed by atoms with Crippen molar-refractivity contribution in [1.82, 2.24) is 4.98 Å². The van der Waals surface area contributed by atoms with E-state index in [1.165, 1.54) is 7.11 Å². The molecule has 5 nitrogen and oxygen atoms in total. The smallest absolute Gasteiger partial charge is 0.351 e. The van der Waals surface area contributed by atoms with Crippen molar-refractivity contribution >= 4 is 38.7 Å². The Kier molecular flexibility index (Phi) is 3.13. The topological polar surface area (TPSA) is 73.3 Å². The first-order valence-electron chi connectivity index (χ1n) is 3.31. The monoisotopic (exact) mass is 255 g/mol. The van der Waals surface area contributed by atoms with Gasteiger partial charge in [-0.25, -0.2) is 18.2 Å². The Balaban J connectivity index is 3.25. The Morgan fingerprint density at radius 1 is 1.57 bits per heavy atom. The standard InChI is InChI=1S/C6H6ClNO4S2/c1-12-5(9)3-4(7)8-6(13-3)14(2,10)11/h1-2H3. The molecule has 0 fully saturated rings. The van der Waals surface area contributed by atoms with Crippen LogP contribution in [0, 0.1) is 0 Å². The predicted octanol–water partition coefficient (Wildman–Crippen LogP) is 0.987. The minimum Gasteiger partial charge on any atom is -0.465 e. The van der Waals surface area contributed by atoms with Crippen LogP contribution >= 0.6 is 22.9 Å². The van der Waals surface area contributed by atoms with E-state index in [-0.39, 0.29) is 14.4 Å². The van der Waals surface area contributed by atoms with Gasteiger partial charge in [-0.3, -0.25) is 0 Å². The van der Waals surface area contributed by atoms with Crippen molar-refractivity contribution in [2.24, 2.45) is 0 Å². The normalized spacial score (nSPS) is 11.4. The molecule has 0 bridgehead atoms. The van der Waals surface area contributed by atoms with Gasteiger partial charge in [0.1, 0.15) is 0 Å². The minimum absolute atomic E-state index is 0.00501. The molecule has 14 heavy (non-hydrogen) atoms. The second-order valence-electron chi connectivity index (χ2n) is 2.36. The number of hydrogen-bond donors (Lipinski definition) is 0. The van der Waals surface area contributed by atoms with Gasteiger partial charge in [-0.1, -0.05) is 22.9 Å². The summed E-state index contributed by atoms with van der Waals surface area (Å²) in [6.07, 6.45) is 0.989. The molecule has 0 N–H and O–H groups in total. The quantitative estimate of drug-likeness (QED) is 0.737. The van der Waals surface area contributed by atoms with Crippen molar-refractivity contribution in [3.8, 4) is 0 Å². The second-order valence-corrected chi connectivity index (χ2v) is 5.91. The van der Waals surface area contributed by atoms with Crippen LogP contribution in [0.15, 0.2) is 4.34 Å². The number of rotatable bonds is 2. The number of carbonyl (C=O) groups excluding carboxylic acids is 1. The number of carbonyl (C=O) groups is 1. The molecule has 0 unspecified atom stereocenters. The third-order valence-corrected chi connectivity index (χ3v) is 4.35. The van der Waals surface area contributed by atoms with Gasteiger partial charge in [0.2, 0.25) is 14.2 Å². The lowest BCUT2D eigenvalue weighted by Crippen LogP contribution is -1.98. The summed E-state index contributed by atoms with van der Waals surface area (Å²) in [6, 6.07) is 0. The van der Waals surface area contributed by atoms with Crippen molar-refractivity contribution in [1.29, 1.82) is 0 Å². The van der Waals surface area contributed by atoms with Crippen LogP contribution in [0.4, 0.5) is 0 Å². The lowest BCUT2D eigenvalue weighted by Gasteiger charge is -1.92. The van der Waals surface area contributed by atoms with Gasteiger partial charge < -0.3 is 4.74 Å². The molecule has 1 aromatic rings. The lowest BCUT2D eigenvalue weighted by molar-refractivity contribution is 0.0606. The minimum atomic E-state index is -3.43. The Morgan fingerprint density at radius 2 is 2.14 bits per heavy atom. The highest BCUT2D eigenvalue weighted by Crippen LogP contribution is 2.26. The zero-order valence-electron chi connectivity index (χ0n) is 7.27. The van der Waals surface area contributed by atoms with E-state index in [0.29, 0.717) is 11.3 Å². The Hall–Kier alpha value is -0.660. The summed E-state index contributed by atoms with van der Waals surface area (Å²) in [5.74, 6) is -0.692. The summed E-state index contributed by atoms with van der Waals surface area (Å²) >= 11 is 6.25. The number of sulfone groups is 1. The predicted molar refractivity (Wildman–Crippen MR) is 51.6 cm³/mol. The summed E-state index contributed by atoms with van der Waals surface area (Å²) in [5, 5.41) is -0.151. The molecule has 1 heterocycles. The van der Waals surface area contributed by atoms with Gasteiger partial charge in [-0.15, -0.1) is 0 Å². The number of hydrogen-bond acceptors (Lipinski definition) is 6. The summed E-state index contributed by atoms with van der Waals surface area (Å²) in [6.45, 7) is 0. The van der Waals surface area contributed by atoms with E-state index in [4.69, 9.17) is 11.6 Å². The Bertz CT molecular complexity index is 464. The van der Waals surface area contributed by atoms with E-state index in [0.717, 1.165) is 6.26 Å². The van der Waals surface area contributed by atoms with E-state index in [9.17, 15) is 13.2 Å². The fraction of sp³-hybridized carbons (Fsp3) is 0.333. The number of aromatic nitrogens is 1. The van der Waals surface area contributed by atoms with Crippen LogP contribution in [0.25, 0.3) is 0 Å². The molecular formula is C6H6ClNO4S2. The van der Waals surface area contributed by atoms with Crippen LogP contribution < -0.4 is 0 Å². The van der Waals surface area contributed by atoms with Crippen molar-refractivity contribution < 1.29 is 17.9 Å². The molecule has 0 amide bonds. The van der Waals surface area contributed by atoms with E-state index in [2.05, 4.69) is 9.72 Å². The summed E-state index contributed by atoms with van der Waals surface area (Å²) in [4.78, 5) is 14.6. The molecule has 0 radical (unpaired) electrons. The maximum atomic E-state index is 11.0. The van der Waals surface area contributed by atoms with Crippen LogP contribution in [0.1, 0.15) is 9.67 Å². The van der Waals surface area contributed by atoms with E-state index in [1.54, 1.807) is 0 Å². The maximum absolute atomic E-state index is 11.0. The highest BCUT2D eigenvalue weighted by Gasteiger charge is 2.21. The molecule has 0 saturated heterocycles. The fourth-order valence-electron chi connectivity index (χ4n) is 0.660. The number of thiazole rings is 1. The van der Waals surface area contributed by atoms with E-state index < -0.39 is 15.8 Å². The fourth-order valence-corrected chi connectivity index (χ4v) is 2.76. The molecule has 1 aromatic heterocycles.